The topological polar surface area (TPSA) is 33.0 Å². The Bertz CT molecular complexity index is 562. The first-order chi connectivity index (χ1) is 9.33. The minimum Gasteiger partial charge on any atom is -0.497 e. The van der Waals surface area contributed by atoms with Crippen molar-refractivity contribution in [2.24, 2.45) is 0 Å². The van der Waals surface area contributed by atoms with Crippen LogP contribution in [0.2, 0.25) is 0 Å². The summed E-state index contributed by atoms with van der Waals surface area (Å²) in [6.45, 7) is 0. The highest BCUT2D eigenvalue weighted by Crippen LogP contribution is 2.38. The molecule has 2 nitrogen and oxygen atoms in total. The summed E-state index contributed by atoms with van der Waals surface area (Å²) in [5.41, 5.74) is 1.18. The summed E-state index contributed by atoms with van der Waals surface area (Å²) in [7, 11) is 1.66. The molecule has 3 heteroatoms. The average molecular weight is 269 g/mol. The number of rotatable bonds is 5. The maximum atomic E-state index is 8.99. The SMILES string of the molecule is COc1cccc(SC(CC#N)c2ccccc2)c1. The van der Waals surface area contributed by atoms with Gasteiger partial charge in [-0.05, 0) is 23.8 Å². The lowest BCUT2D eigenvalue weighted by molar-refractivity contribution is 0.413. The predicted octanol–water partition coefficient (Wildman–Crippen LogP) is 4.44. The highest BCUT2D eigenvalue weighted by Gasteiger charge is 2.12. The molecule has 0 fully saturated rings. The molecule has 2 rings (SSSR count). The molecule has 0 N–H and O–H groups in total. The molecule has 0 spiro atoms. The van der Waals surface area contributed by atoms with E-state index in [0.29, 0.717) is 6.42 Å². The molecule has 0 saturated carbocycles. The number of nitrogens with zero attached hydrogens (tertiary/aromatic N) is 1. The van der Waals surface area contributed by atoms with E-state index in [1.54, 1.807) is 18.9 Å². The minimum absolute atomic E-state index is 0.151. The molecule has 0 amide bonds. The van der Waals surface area contributed by atoms with Crippen LogP contribution < -0.4 is 4.74 Å². The van der Waals surface area contributed by atoms with E-state index in [-0.39, 0.29) is 5.25 Å². The average Bonchev–Trinajstić information content (AvgIpc) is 2.48. The van der Waals surface area contributed by atoms with Crippen molar-refractivity contribution in [1.82, 2.24) is 0 Å². The van der Waals surface area contributed by atoms with Crippen molar-refractivity contribution in [2.45, 2.75) is 16.6 Å². The number of hydrogen-bond donors (Lipinski definition) is 0. The van der Waals surface area contributed by atoms with E-state index < -0.39 is 0 Å². The van der Waals surface area contributed by atoms with Gasteiger partial charge < -0.3 is 4.74 Å². The van der Waals surface area contributed by atoms with Gasteiger partial charge in [0, 0.05) is 10.1 Å². The largest absolute Gasteiger partial charge is 0.497 e. The second-order valence-electron chi connectivity index (χ2n) is 4.06. The molecule has 96 valence electrons. The van der Waals surface area contributed by atoms with Crippen molar-refractivity contribution < 1.29 is 4.74 Å². The van der Waals surface area contributed by atoms with Gasteiger partial charge >= 0.3 is 0 Å². The molecule has 0 aliphatic carbocycles. The van der Waals surface area contributed by atoms with Crippen LogP contribution in [0, 0.1) is 11.3 Å². The van der Waals surface area contributed by atoms with Crippen LogP contribution in [0.5, 0.6) is 5.75 Å². The first kappa shape index (κ1) is 13.5. The lowest BCUT2D eigenvalue weighted by atomic mass is 10.1. The van der Waals surface area contributed by atoms with E-state index in [4.69, 9.17) is 10.00 Å². The van der Waals surface area contributed by atoms with Gasteiger partial charge in [-0.3, -0.25) is 0 Å². The van der Waals surface area contributed by atoms with Crippen LogP contribution in [-0.4, -0.2) is 7.11 Å². The van der Waals surface area contributed by atoms with Gasteiger partial charge in [0.25, 0.3) is 0 Å². The monoisotopic (exact) mass is 269 g/mol. The van der Waals surface area contributed by atoms with Crippen LogP contribution >= 0.6 is 11.8 Å². The molecule has 0 saturated heterocycles. The van der Waals surface area contributed by atoms with Crippen molar-refractivity contribution in [1.29, 1.82) is 5.26 Å². The van der Waals surface area contributed by atoms with Gasteiger partial charge in [-0.15, -0.1) is 11.8 Å². The Hall–Kier alpha value is -1.92. The second-order valence-corrected chi connectivity index (χ2v) is 5.33. The van der Waals surface area contributed by atoms with Crippen LogP contribution in [-0.2, 0) is 0 Å². The van der Waals surface area contributed by atoms with Gasteiger partial charge in [0.2, 0.25) is 0 Å². The standard InChI is InChI=1S/C16H15NOS/c1-18-14-8-5-9-15(12-14)19-16(10-11-17)13-6-3-2-4-7-13/h2-9,12,16H,10H2,1H3. The van der Waals surface area contributed by atoms with Crippen molar-refractivity contribution >= 4 is 11.8 Å². The molecule has 0 aliphatic heterocycles. The Labute approximate surface area is 118 Å². The lowest BCUT2D eigenvalue weighted by Crippen LogP contribution is -1.93. The van der Waals surface area contributed by atoms with Gasteiger partial charge in [-0.25, -0.2) is 0 Å². The Morgan fingerprint density at radius 3 is 2.63 bits per heavy atom. The fraction of sp³-hybridized carbons (Fsp3) is 0.188. The molecule has 0 radical (unpaired) electrons. The van der Waals surface area contributed by atoms with E-state index in [2.05, 4.69) is 18.2 Å². The lowest BCUT2D eigenvalue weighted by Gasteiger charge is -2.14. The molecule has 0 aromatic heterocycles. The summed E-state index contributed by atoms with van der Waals surface area (Å²) in [6, 6.07) is 20.3. The van der Waals surface area contributed by atoms with E-state index in [0.717, 1.165) is 10.6 Å². The molecule has 0 bridgehead atoms. The summed E-state index contributed by atoms with van der Waals surface area (Å²) in [6.07, 6.45) is 0.492. The van der Waals surface area contributed by atoms with Crippen LogP contribution in [0.15, 0.2) is 59.5 Å². The third-order valence-electron chi connectivity index (χ3n) is 2.77. The quantitative estimate of drug-likeness (QED) is 0.752. The molecule has 2 aromatic carbocycles. The molecular weight excluding hydrogens is 254 g/mol. The number of nitriles is 1. The van der Waals surface area contributed by atoms with Gasteiger partial charge in [0.1, 0.15) is 5.75 Å². The molecule has 0 aliphatic rings. The van der Waals surface area contributed by atoms with Gasteiger partial charge in [0.05, 0.1) is 19.6 Å². The number of ether oxygens (including phenoxy) is 1. The Morgan fingerprint density at radius 1 is 1.16 bits per heavy atom. The van der Waals surface area contributed by atoms with E-state index >= 15 is 0 Å². The molecule has 1 unspecified atom stereocenters. The van der Waals surface area contributed by atoms with E-state index in [1.807, 2.05) is 42.5 Å². The third kappa shape index (κ3) is 3.77. The van der Waals surface area contributed by atoms with E-state index in [1.165, 1.54) is 5.56 Å². The summed E-state index contributed by atoms with van der Waals surface area (Å²) >= 11 is 1.69. The summed E-state index contributed by atoms with van der Waals surface area (Å²) in [4.78, 5) is 1.11. The van der Waals surface area contributed by atoms with Crippen LogP contribution in [0.1, 0.15) is 17.2 Å². The molecule has 0 heterocycles. The first-order valence-corrected chi connectivity index (χ1v) is 6.94. The van der Waals surface area contributed by atoms with Crippen LogP contribution in [0.3, 0.4) is 0 Å². The molecule has 19 heavy (non-hydrogen) atoms. The zero-order chi connectivity index (χ0) is 13.5. The smallest absolute Gasteiger partial charge is 0.119 e. The minimum atomic E-state index is 0.151. The molecule has 1 atom stereocenters. The fourth-order valence-electron chi connectivity index (χ4n) is 1.82. The predicted molar refractivity (Wildman–Crippen MR) is 78.3 cm³/mol. The number of benzene rings is 2. The Morgan fingerprint density at radius 2 is 1.95 bits per heavy atom. The summed E-state index contributed by atoms with van der Waals surface area (Å²) in [5, 5.41) is 9.14. The fourth-order valence-corrected chi connectivity index (χ4v) is 2.94. The zero-order valence-electron chi connectivity index (χ0n) is 10.7. The maximum Gasteiger partial charge on any atom is 0.119 e. The van der Waals surface area contributed by atoms with Gasteiger partial charge in [-0.2, -0.15) is 5.26 Å². The van der Waals surface area contributed by atoms with Crippen molar-refractivity contribution in [3.8, 4) is 11.8 Å². The number of thioether (sulfide) groups is 1. The van der Waals surface area contributed by atoms with E-state index in [9.17, 15) is 0 Å². The Kier molecular flexibility index (Phi) is 4.88. The second kappa shape index (κ2) is 6.86. The van der Waals surface area contributed by atoms with Crippen molar-refractivity contribution in [3.63, 3.8) is 0 Å². The van der Waals surface area contributed by atoms with Crippen molar-refractivity contribution in [3.05, 3.63) is 60.2 Å². The molecule has 2 aromatic rings. The summed E-state index contributed by atoms with van der Waals surface area (Å²) < 4.78 is 5.22. The van der Waals surface area contributed by atoms with Crippen LogP contribution in [0.25, 0.3) is 0 Å². The molecular formula is C16H15NOS. The highest BCUT2D eigenvalue weighted by molar-refractivity contribution is 7.99. The number of methoxy groups -OCH3 is 1. The summed E-state index contributed by atoms with van der Waals surface area (Å²) in [5.74, 6) is 0.841. The zero-order valence-corrected chi connectivity index (χ0v) is 11.6. The van der Waals surface area contributed by atoms with Crippen LogP contribution in [0.4, 0.5) is 0 Å². The van der Waals surface area contributed by atoms with Crippen molar-refractivity contribution in [2.75, 3.05) is 7.11 Å². The number of hydrogen-bond acceptors (Lipinski definition) is 3. The normalized spacial score (nSPS) is 11.6. The third-order valence-corrected chi connectivity index (χ3v) is 4.02. The van der Waals surface area contributed by atoms with Gasteiger partial charge in [-0.1, -0.05) is 36.4 Å². The maximum absolute atomic E-state index is 8.99. The Balaban J connectivity index is 2.19. The first-order valence-electron chi connectivity index (χ1n) is 6.06. The van der Waals surface area contributed by atoms with Gasteiger partial charge in [0.15, 0.2) is 0 Å². The highest BCUT2D eigenvalue weighted by atomic mass is 32.2.